The SMILES string of the molecule is COC(=O)NC(C(=O)N1CCCC1c1ncc(-c2cc(F)c3c(c2)OC(Cc2cccc(SC)c2)n2c-3cc3cc(-c4cnc(C5CC(F)CN5C(=O)C(NC(=O)OC)C(C)C)[nH]4)ccc32)[nH]1)C(C)C. The van der Waals surface area contributed by atoms with Crippen LogP contribution in [0.1, 0.15) is 82.5 Å². The topological polar surface area (TPSA) is 189 Å². The third-order valence-electron chi connectivity index (χ3n) is 13.5. The van der Waals surface area contributed by atoms with Crippen molar-refractivity contribution >= 4 is 46.7 Å². The van der Waals surface area contributed by atoms with Crippen molar-refractivity contribution in [1.29, 1.82) is 0 Å². The number of imidazole rings is 2. The lowest BCUT2D eigenvalue weighted by molar-refractivity contribution is -0.136. The number of rotatable bonds is 13. The Balaban J connectivity index is 1.04. The maximum atomic E-state index is 16.9. The minimum absolute atomic E-state index is 0.0407. The van der Waals surface area contributed by atoms with E-state index in [1.54, 1.807) is 42.9 Å². The zero-order valence-electron chi connectivity index (χ0n) is 40.0. The second-order valence-electron chi connectivity index (χ2n) is 18.7. The van der Waals surface area contributed by atoms with Crippen LogP contribution >= 0.6 is 11.8 Å². The molecule has 6 heterocycles. The fourth-order valence-corrected chi connectivity index (χ4v) is 10.5. The van der Waals surface area contributed by atoms with Crippen molar-refractivity contribution in [2.45, 2.75) is 94.8 Å². The number of H-pyrrole nitrogens is 2. The largest absolute Gasteiger partial charge is 0.469 e. The van der Waals surface area contributed by atoms with Crippen LogP contribution < -0.4 is 15.4 Å². The third-order valence-corrected chi connectivity index (χ3v) is 14.3. The standard InChI is InChI=1S/C51H57F2N9O7S/c1-26(2)44(58-50(65)67-5)48(63)60-15-9-12-38(60)46-54-24-36(57-46)30-19-34(53)43-39-20-31-18-29(13-14-37(31)62(39)42(69-41(43)21-30)17-28-10-8-11-33(16-28)70-7)35-23-55-47(56-35)40-22-32(52)25-61(40)49(64)45(27(3)4)59-51(66)68-6/h8,10-11,13-14,16,18-21,23-24,26-27,32,38,40,42,44-45H,9,12,15,17,22,25H2,1-7H3,(H,54,57)(H,55,56)(H,58,65)(H,59,66). The van der Waals surface area contributed by atoms with Crippen LogP contribution in [0.25, 0.3) is 44.7 Å². The predicted molar refractivity (Wildman–Crippen MR) is 260 cm³/mol. The summed E-state index contributed by atoms with van der Waals surface area (Å²) < 4.78 is 50.4. The molecule has 3 aliphatic rings. The summed E-state index contributed by atoms with van der Waals surface area (Å²) in [5, 5.41) is 6.09. The quantitative estimate of drug-likeness (QED) is 0.0813. The molecule has 9 rings (SSSR count). The van der Waals surface area contributed by atoms with Gasteiger partial charge in [0.25, 0.3) is 0 Å². The Kier molecular flexibility index (Phi) is 13.6. The number of nitrogens with zero attached hydrogens (tertiary/aromatic N) is 5. The molecule has 70 heavy (non-hydrogen) atoms. The van der Waals surface area contributed by atoms with Crippen molar-refractivity contribution in [3.63, 3.8) is 0 Å². The Morgan fingerprint density at radius 1 is 0.843 bits per heavy atom. The van der Waals surface area contributed by atoms with Gasteiger partial charge in [-0.25, -0.2) is 28.3 Å². The van der Waals surface area contributed by atoms with Crippen LogP contribution in [0.3, 0.4) is 0 Å². The lowest BCUT2D eigenvalue weighted by Gasteiger charge is -2.31. The molecule has 0 spiro atoms. The highest BCUT2D eigenvalue weighted by molar-refractivity contribution is 7.98. The number of halogens is 2. The molecule has 2 fully saturated rings. The molecule has 4 amide bonds. The molecule has 0 saturated carbocycles. The second-order valence-corrected chi connectivity index (χ2v) is 19.6. The maximum Gasteiger partial charge on any atom is 0.407 e. The molecule has 368 valence electrons. The van der Waals surface area contributed by atoms with Crippen molar-refractivity contribution in [3.05, 3.63) is 96.1 Å². The predicted octanol–water partition coefficient (Wildman–Crippen LogP) is 9.12. The molecule has 0 aliphatic carbocycles. The number of alkyl halides is 1. The summed E-state index contributed by atoms with van der Waals surface area (Å²) in [5.74, 6) is -0.290. The van der Waals surface area contributed by atoms with E-state index in [2.05, 4.69) is 48.8 Å². The Bertz CT molecular complexity index is 2950. The first kappa shape index (κ1) is 48.1. The molecule has 6 atom stereocenters. The van der Waals surface area contributed by atoms with Gasteiger partial charge in [-0.1, -0.05) is 45.9 Å². The second kappa shape index (κ2) is 19.8. The molecule has 3 aromatic heterocycles. The van der Waals surface area contributed by atoms with Crippen molar-refractivity contribution in [1.82, 2.24) is 44.9 Å². The number of hydrogen-bond acceptors (Lipinski definition) is 10. The number of nitrogens with one attached hydrogen (secondary N) is 4. The Labute approximate surface area is 408 Å². The highest BCUT2D eigenvalue weighted by atomic mass is 32.2. The number of hydrogen-bond donors (Lipinski definition) is 4. The van der Waals surface area contributed by atoms with Crippen molar-refractivity contribution < 1.29 is 42.2 Å². The maximum absolute atomic E-state index is 16.9. The van der Waals surface area contributed by atoms with E-state index in [4.69, 9.17) is 14.2 Å². The first-order valence-corrected chi connectivity index (χ1v) is 24.7. The van der Waals surface area contributed by atoms with E-state index in [1.807, 2.05) is 61.1 Å². The summed E-state index contributed by atoms with van der Waals surface area (Å²) in [6, 6.07) is 16.6. The summed E-state index contributed by atoms with van der Waals surface area (Å²) in [6.45, 7) is 7.67. The number of likely N-dealkylation sites (tertiary alicyclic amines) is 2. The van der Waals surface area contributed by atoms with Crippen molar-refractivity contribution in [3.8, 4) is 39.5 Å². The Morgan fingerprint density at radius 3 is 2.16 bits per heavy atom. The monoisotopic (exact) mass is 977 g/mol. The number of aromatic nitrogens is 5. The van der Waals surface area contributed by atoms with Gasteiger partial charge in [-0.2, -0.15) is 0 Å². The number of carbonyl (C=O) groups excluding carboxylic acids is 4. The number of amides is 4. The van der Waals surface area contributed by atoms with Gasteiger partial charge < -0.3 is 49.2 Å². The molecular weight excluding hydrogens is 921 g/mol. The molecule has 0 radical (unpaired) electrons. The van der Waals surface area contributed by atoms with Gasteiger partial charge in [0.2, 0.25) is 11.8 Å². The van der Waals surface area contributed by atoms with Gasteiger partial charge in [-0.15, -0.1) is 11.8 Å². The fourth-order valence-electron chi connectivity index (χ4n) is 9.98. The minimum atomic E-state index is -1.28. The lowest BCUT2D eigenvalue weighted by Crippen LogP contribution is -2.51. The van der Waals surface area contributed by atoms with Crippen LogP contribution in [-0.2, 0) is 25.5 Å². The van der Waals surface area contributed by atoms with Crippen molar-refractivity contribution in [2.75, 3.05) is 33.6 Å². The summed E-state index contributed by atoms with van der Waals surface area (Å²) in [5.41, 5.74) is 5.28. The fraction of sp³-hybridized carbons (Fsp3) is 0.412. The van der Waals surface area contributed by atoms with Gasteiger partial charge in [0.05, 0.1) is 73.4 Å². The molecular formula is C51H57F2N9O7S. The van der Waals surface area contributed by atoms with E-state index in [-0.39, 0.29) is 36.8 Å². The van der Waals surface area contributed by atoms with Crippen LogP contribution in [0.15, 0.2) is 78.0 Å². The van der Waals surface area contributed by atoms with Gasteiger partial charge in [-0.3, -0.25) is 9.59 Å². The number of methoxy groups -OCH3 is 2. The zero-order valence-corrected chi connectivity index (χ0v) is 40.9. The molecule has 19 heteroatoms. The number of ether oxygens (including phenoxy) is 3. The summed E-state index contributed by atoms with van der Waals surface area (Å²) in [6.07, 6.45) is 3.96. The zero-order chi connectivity index (χ0) is 49.5. The first-order valence-electron chi connectivity index (χ1n) is 23.5. The van der Waals surface area contributed by atoms with Crippen LogP contribution in [0.5, 0.6) is 5.75 Å². The van der Waals surface area contributed by atoms with Gasteiger partial charge in [0, 0.05) is 40.8 Å². The number of thioether (sulfide) groups is 1. The Hall–Kier alpha value is -6.89. The molecule has 4 N–H and O–H groups in total. The minimum Gasteiger partial charge on any atom is -0.469 e. The summed E-state index contributed by atoms with van der Waals surface area (Å²) in [4.78, 5) is 72.2. The number of aromatic amines is 2. The smallest absolute Gasteiger partial charge is 0.407 e. The lowest BCUT2D eigenvalue weighted by atomic mass is 10.0. The highest BCUT2D eigenvalue weighted by Gasteiger charge is 2.42. The summed E-state index contributed by atoms with van der Waals surface area (Å²) >= 11 is 1.64. The molecule has 6 unspecified atom stereocenters. The van der Waals surface area contributed by atoms with E-state index in [9.17, 15) is 19.2 Å². The average molecular weight is 978 g/mol. The number of fused-ring (bicyclic) bond motifs is 5. The molecule has 3 aliphatic heterocycles. The van der Waals surface area contributed by atoms with E-state index >= 15 is 8.78 Å². The first-order chi connectivity index (χ1) is 33.6. The van der Waals surface area contributed by atoms with Gasteiger partial charge in [0.1, 0.15) is 41.5 Å². The number of benzene rings is 3. The van der Waals surface area contributed by atoms with E-state index in [1.165, 1.54) is 25.2 Å². The van der Waals surface area contributed by atoms with E-state index in [0.29, 0.717) is 65.0 Å². The van der Waals surface area contributed by atoms with Gasteiger partial charge >= 0.3 is 12.2 Å². The Morgan fingerprint density at radius 2 is 1.50 bits per heavy atom. The molecule has 16 nitrogen and oxygen atoms in total. The number of alkyl carbamates (subject to hydrolysis) is 2. The third kappa shape index (κ3) is 9.30. The molecule has 3 aromatic carbocycles. The normalized spacial score (nSPS) is 19.5. The van der Waals surface area contributed by atoms with Crippen molar-refractivity contribution in [2.24, 2.45) is 11.8 Å². The van der Waals surface area contributed by atoms with Crippen LogP contribution in [0.2, 0.25) is 0 Å². The highest BCUT2D eigenvalue weighted by Crippen LogP contribution is 2.47. The van der Waals surface area contributed by atoms with E-state index in [0.717, 1.165) is 33.3 Å². The van der Waals surface area contributed by atoms with E-state index < -0.39 is 54.4 Å². The van der Waals surface area contributed by atoms with Crippen LogP contribution in [-0.4, -0.2) is 110 Å². The molecule has 6 aromatic rings. The molecule has 2 saturated heterocycles. The van der Waals surface area contributed by atoms with Gasteiger partial charge in [0.15, 0.2) is 6.23 Å². The summed E-state index contributed by atoms with van der Waals surface area (Å²) in [7, 11) is 2.48. The van der Waals surface area contributed by atoms with Gasteiger partial charge in [-0.05, 0) is 79.0 Å². The average Bonchev–Trinajstić information content (AvgIpc) is 4.21. The van der Waals surface area contributed by atoms with Crippen LogP contribution in [0.4, 0.5) is 18.4 Å². The molecule has 0 bridgehead atoms. The van der Waals surface area contributed by atoms with Crippen LogP contribution in [0, 0.1) is 17.7 Å². The number of carbonyl (C=O) groups is 4.